The van der Waals surface area contributed by atoms with Gasteiger partial charge < -0.3 is 25.0 Å². The molecule has 3 aromatic carbocycles. The molecule has 2 N–H and O–H groups in total. The van der Waals surface area contributed by atoms with Crippen LogP contribution in [0.25, 0.3) is 0 Å². The van der Waals surface area contributed by atoms with E-state index in [0.29, 0.717) is 29.2 Å². The first-order valence-electron chi connectivity index (χ1n) is 12.0. The van der Waals surface area contributed by atoms with Crippen LogP contribution in [-0.2, 0) is 4.79 Å². The van der Waals surface area contributed by atoms with Gasteiger partial charge in [0.05, 0.1) is 31.6 Å². The average Bonchev–Trinajstić information content (AvgIpc) is 2.88. The van der Waals surface area contributed by atoms with E-state index in [2.05, 4.69) is 28.5 Å². The van der Waals surface area contributed by atoms with Gasteiger partial charge >= 0.3 is 0 Å². The van der Waals surface area contributed by atoms with Crippen LogP contribution in [0.15, 0.2) is 72.8 Å². The van der Waals surface area contributed by atoms with Crippen molar-refractivity contribution in [3.63, 3.8) is 0 Å². The van der Waals surface area contributed by atoms with Crippen LogP contribution < -0.4 is 25.0 Å². The summed E-state index contributed by atoms with van der Waals surface area (Å²) in [7, 11) is 3.46. The van der Waals surface area contributed by atoms with Gasteiger partial charge in [-0.3, -0.25) is 14.5 Å². The fourth-order valence-electron chi connectivity index (χ4n) is 4.28. The number of nitrogens with zero attached hydrogens (tertiary/aromatic N) is 2. The minimum absolute atomic E-state index is 0.0290. The molecule has 0 bridgehead atoms. The quantitative estimate of drug-likeness (QED) is 0.472. The second-order valence-corrected chi connectivity index (χ2v) is 8.72. The third-order valence-corrected chi connectivity index (χ3v) is 6.02. The summed E-state index contributed by atoms with van der Waals surface area (Å²) in [4.78, 5) is 29.5. The maximum absolute atomic E-state index is 12.6. The van der Waals surface area contributed by atoms with Crippen LogP contribution in [0.1, 0.15) is 17.3 Å². The molecule has 8 nitrogen and oxygen atoms in total. The lowest BCUT2D eigenvalue weighted by Crippen LogP contribution is -2.46. The van der Waals surface area contributed by atoms with E-state index in [-0.39, 0.29) is 24.5 Å². The van der Waals surface area contributed by atoms with Gasteiger partial charge in [0.2, 0.25) is 5.91 Å². The lowest BCUT2D eigenvalue weighted by Gasteiger charge is -2.37. The monoisotopic (exact) mass is 488 g/mol. The minimum atomic E-state index is -0.257. The molecule has 2 amide bonds. The first-order chi connectivity index (χ1) is 17.5. The number of ether oxygens (including phenoxy) is 2. The van der Waals surface area contributed by atoms with Crippen molar-refractivity contribution in [2.75, 3.05) is 55.9 Å². The molecular weight excluding hydrogens is 456 g/mol. The number of amides is 2. The van der Waals surface area contributed by atoms with Crippen LogP contribution in [0, 0.1) is 0 Å². The number of carbonyl (C=O) groups is 2. The number of para-hydroxylation sites is 4. The summed E-state index contributed by atoms with van der Waals surface area (Å²) < 4.78 is 11.4. The standard InChI is InChI=1S/C28H32N4O4/c1-4-32-18-22(36-26-12-8-6-10-24(26)32)17-31(2)19-27(33)29-21-15-13-20(14-16-21)28(34)30-23-9-5-7-11-25(23)35-3/h5-16,22H,4,17-19H2,1-3H3,(H,29,33)(H,30,34)/t22-/m0/s1. The Hall–Kier alpha value is -4.04. The van der Waals surface area contributed by atoms with Crippen LogP contribution >= 0.6 is 0 Å². The molecule has 8 heteroatoms. The maximum atomic E-state index is 12.6. The molecule has 3 aromatic rings. The van der Waals surface area contributed by atoms with Crippen molar-refractivity contribution >= 4 is 28.9 Å². The zero-order valence-corrected chi connectivity index (χ0v) is 20.9. The number of likely N-dealkylation sites (N-methyl/N-ethyl adjacent to an activating group) is 2. The van der Waals surface area contributed by atoms with E-state index >= 15 is 0 Å². The molecule has 0 saturated heterocycles. The summed E-state index contributed by atoms with van der Waals surface area (Å²) in [5.41, 5.74) is 2.81. The van der Waals surface area contributed by atoms with Crippen molar-refractivity contribution in [1.29, 1.82) is 0 Å². The summed E-state index contributed by atoms with van der Waals surface area (Å²) in [5, 5.41) is 5.74. The Balaban J connectivity index is 1.28. The Labute approximate surface area is 211 Å². The highest BCUT2D eigenvalue weighted by Gasteiger charge is 2.25. The number of fused-ring (bicyclic) bond motifs is 1. The van der Waals surface area contributed by atoms with E-state index in [9.17, 15) is 9.59 Å². The van der Waals surface area contributed by atoms with Crippen molar-refractivity contribution in [2.24, 2.45) is 0 Å². The van der Waals surface area contributed by atoms with Crippen molar-refractivity contribution in [1.82, 2.24) is 4.90 Å². The Morgan fingerprint density at radius 3 is 2.50 bits per heavy atom. The predicted molar refractivity (Wildman–Crippen MR) is 142 cm³/mol. The molecule has 1 aliphatic rings. The van der Waals surface area contributed by atoms with Gasteiger partial charge in [0.1, 0.15) is 17.6 Å². The van der Waals surface area contributed by atoms with E-state index < -0.39 is 0 Å². The highest BCUT2D eigenvalue weighted by atomic mass is 16.5. The van der Waals surface area contributed by atoms with Gasteiger partial charge in [-0.05, 0) is 62.5 Å². The highest BCUT2D eigenvalue weighted by molar-refractivity contribution is 6.05. The summed E-state index contributed by atoms with van der Waals surface area (Å²) >= 11 is 0. The first-order valence-corrected chi connectivity index (χ1v) is 12.0. The van der Waals surface area contributed by atoms with Crippen molar-refractivity contribution in [3.8, 4) is 11.5 Å². The molecule has 0 spiro atoms. The summed E-state index contributed by atoms with van der Waals surface area (Å²) in [6, 6.07) is 22.1. The molecule has 0 fully saturated rings. The van der Waals surface area contributed by atoms with Gasteiger partial charge in [-0.2, -0.15) is 0 Å². The molecular formula is C28H32N4O4. The zero-order chi connectivity index (χ0) is 25.5. The molecule has 36 heavy (non-hydrogen) atoms. The third kappa shape index (κ3) is 6.14. The second kappa shape index (κ2) is 11.6. The SMILES string of the molecule is CCN1C[C@H](CN(C)CC(=O)Nc2ccc(C(=O)Nc3ccccc3OC)cc2)Oc2ccccc21. The lowest BCUT2D eigenvalue weighted by molar-refractivity contribution is -0.117. The lowest BCUT2D eigenvalue weighted by atomic mass is 10.1. The number of hydrogen-bond acceptors (Lipinski definition) is 6. The second-order valence-electron chi connectivity index (χ2n) is 8.72. The molecule has 1 aliphatic heterocycles. The fraction of sp³-hybridized carbons (Fsp3) is 0.286. The third-order valence-electron chi connectivity index (χ3n) is 6.02. The van der Waals surface area contributed by atoms with Gasteiger partial charge in [0, 0.05) is 24.3 Å². The van der Waals surface area contributed by atoms with E-state index in [1.165, 1.54) is 0 Å². The van der Waals surface area contributed by atoms with Crippen molar-refractivity contribution in [3.05, 3.63) is 78.4 Å². The minimum Gasteiger partial charge on any atom is -0.495 e. The Kier molecular flexibility index (Phi) is 8.07. The predicted octanol–water partition coefficient (Wildman–Crippen LogP) is 4.11. The van der Waals surface area contributed by atoms with E-state index in [0.717, 1.165) is 24.5 Å². The largest absolute Gasteiger partial charge is 0.495 e. The number of hydrogen-bond donors (Lipinski definition) is 2. The molecule has 4 rings (SSSR count). The Morgan fingerprint density at radius 2 is 1.75 bits per heavy atom. The average molecular weight is 489 g/mol. The van der Waals surface area contributed by atoms with Crippen LogP contribution in [0.5, 0.6) is 11.5 Å². The van der Waals surface area contributed by atoms with Gasteiger partial charge in [0.15, 0.2) is 0 Å². The van der Waals surface area contributed by atoms with Gasteiger partial charge in [-0.1, -0.05) is 24.3 Å². The molecule has 0 saturated carbocycles. The fourth-order valence-corrected chi connectivity index (χ4v) is 4.28. The van der Waals surface area contributed by atoms with Crippen LogP contribution in [0.4, 0.5) is 17.1 Å². The molecule has 0 aliphatic carbocycles. The molecule has 1 atom stereocenters. The number of carbonyl (C=O) groups excluding carboxylic acids is 2. The summed E-state index contributed by atoms with van der Waals surface area (Å²) in [6.07, 6.45) is -0.0290. The van der Waals surface area contributed by atoms with Gasteiger partial charge in [0.25, 0.3) is 5.91 Å². The van der Waals surface area contributed by atoms with E-state index in [4.69, 9.17) is 9.47 Å². The summed E-state index contributed by atoms with van der Waals surface area (Å²) in [6.45, 7) is 4.65. The molecule has 0 unspecified atom stereocenters. The van der Waals surface area contributed by atoms with E-state index in [1.807, 2.05) is 42.3 Å². The van der Waals surface area contributed by atoms with Crippen LogP contribution in [0.2, 0.25) is 0 Å². The number of benzene rings is 3. The maximum Gasteiger partial charge on any atom is 0.255 e. The Bertz CT molecular complexity index is 1200. The molecule has 188 valence electrons. The molecule has 0 radical (unpaired) electrons. The van der Waals surface area contributed by atoms with Gasteiger partial charge in [-0.15, -0.1) is 0 Å². The summed E-state index contributed by atoms with van der Waals surface area (Å²) in [5.74, 6) is 1.08. The number of nitrogens with one attached hydrogen (secondary N) is 2. The van der Waals surface area contributed by atoms with Gasteiger partial charge in [-0.25, -0.2) is 0 Å². The van der Waals surface area contributed by atoms with Crippen molar-refractivity contribution < 1.29 is 19.1 Å². The normalized spacial score (nSPS) is 14.6. The zero-order valence-electron chi connectivity index (χ0n) is 20.9. The molecule has 1 heterocycles. The number of methoxy groups -OCH3 is 1. The number of rotatable bonds is 9. The molecule has 0 aromatic heterocycles. The van der Waals surface area contributed by atoms with Crippen LogP contribution in [0.3, 0.4) is 0 Å². The topological polar surface area (TPSA) is 83.1 Å². The Morgan fingerprint density at radius 1 is 1.03 bits per heavy atom. The van der Waals surface area contributed by atoms with Crippen LogP contribution in [-0.4, -0.2) is 63.2 Å². The first kappa shape index (κ1) is 25.1. The van der Waals surface area contributed by atoms with Crippen molar-refractivity contribution in [2.45, 2.75) is 13.0 Å². The smallest absolute Gasteiger partial charge is 0.255 e. The highest BCUT2D eigenvalue weighted by Crippen LogP contribution is 2.32. The number of anilines is 3. The van der Waals surface area contributed by atoms with E-state index in [1.54, 1.807) is 43.5 Å².